The van der Waals surface area contributed by atoms with E-state index in [0.29, 0.717) is 5.56 Å². The van der Waals surface area contributed by atoms with Gasteiger partial charge in [0.25, 0.3) is 5.91 Å². The van der Waals surface area contributed by atoms with E-state index in [9.17, 15) is 4.79 Å². The number of hydrogen-bond acceptors (Lipinski definition) is 3. The first-order valence-electron chi connectivity index (χ1n) is 8.84. The summed E-state index contributed by atoms with van der Waals surface area (Å²) in [6.07, 6.45) is 3.46. The van der Waals surface area contributed by atoms with Crippen molar-refractivity contribution in [2.45, 2.75) is 32.4 Å². The number of amides is 1. The lowest BCUT2D eigenvalue weighted by atomic mass is 10.1. The van der Waals surface area contributed by atoms with E-state index in [1.54, 1.807) is 0 Å². The van der Waals surface area contributed by atoms with Crippen LogP contribution < -0.4 is 5.32 Å². The number of nitriles is 1. The molecule has 128 valence electrons. The molecule has 4 heteroatoms. The molecule has 0 saturated carbocycles. The third-order valence-corrected chi connectivity index (χ3v) is 4.59. The number of hydrogen-bond donors (Lipinski definition) is 1. The first kappa shape index (κ1) is 17.2. The molecule has 2 aromatic carbocycles. The van der Waals surface area contributed by atoms with Gasteiger partial charge in [-0.25, -0.2) is 0 Å². The minimum atomic E-state index is 0.150. The Labute approximate surface area is 149 Å². The average Bonchev–Trinajstić information content (AvgIpc) is 2.69. The van der Waals surface area contributed by atoms with E-state index >= 15 is 0 Å². The van der Waals surface area contributed by atoms with Crippen LogP contribution in [-0.4, -0.2) is 23.9 Å². The van der Waals surface area contributed by atoms with Crippen LogP contribution in [0.4, 0.5) is 0 Å². The molecule has 2 aromatic rings. The van der Waals surface area contributed by atoms with Gasteiger partial charge in [0.15, 0.2) is 0 Å². The molecule has 4 nitrogen and oxygen atoms in total. The first-order valence-corrected chi connectivity index (χ1v) is 8.84. The minimum Gasteiger partial charge on any atom is -0.339 e. The molecule has 3 rings (SSSR count). The zero-order valence-corrected chi connectivity index (χ0v) is 14.4. The number of benzene rings is 2. The molecule has 0 atom stereocenters. The van der Waals surface area contributed by atoms with Gasteiger partial charge in [0.05, 0.1) is 11.6 Å². The molecular weight excluding hydrogens is 310 g/mol. The van der Waals surface area contributed by atoms with E-state index in [-0.39, 0.29) is 5.91 Å². The van der Waals surface area contributed by atoms with Gasteiger partial charge in [-0.1, -0.05) is 24.3 Å². The van der Waals surface area contributed by atoms with E-state index in [0.717, 1.165) is 55.7 Å². The SMILES string of the molecule is N#Cc1ccc(CNCc2ccc(C(=O)N3CCCCC3)cc2)cc1. The highest BCUT2D eigenvalue weighted by Crippen LogP contribution is 2.14. The summed E-state index contributed by atoms with van der Waals surface area (Å²) < 4.78 is 0. The Morgan fingerprint density at radius 1 is 0.920 bits per heavy atom. The lowest BCUT2D eigenvalue weighted by Gasteiger charge is -2.26. The Balaban J connectivity index is 1.50. The van der Waals surface area contributed by atoms with Crippen LogP contribution >= 0.6 is 0 Å². The maximum Gasteiger partial charge on any atom is 0.253 e. The fourth-order valence-corrected chi connectivity index (χ4v) is 3.09. The standard InChI is InChI=1S/C21H23N3O/c22-14-17-4-6-18(7-5-17)15-23-16-19-8-10-20(11-9-19)21(25)24-12-2-1-3-13-24/h4-11,23H,1-3,12-13,15-16H2. The molecule has 1 aliphatic heterocycles. The van der Waals surface area contributed by atoms with Crippen LogP contribution in [0.2, 0.25) is 0 Å². The van der Waals surface area contributed by atoms with Crippen molar-refractivity contribution >= 4 is 5.91 Å². The summed E-state index contributed by atoms with van der Waals surface area (Å²) in [4.78, 5) is 14.4. The minimum absolute atomic E-state index is 0.150. The molecule has 0 aromatic heterocycles. The van der Waals surface area contributed by atoms with Gasteiger partial charge in [-0.3, -0.25) is 4.79 Å². The topological polar surface area (TPSA) is 56.1 Å². The van der Waals surface area contributed by atoms with Crippen LogP contribution in [0.25, 0.3) is 0 Å². The highest BCUT2D eigenvalue weighted by atomic mass is 16.2. The van der Waals surface area contributed by atoms with Gasteiger partial charge in [0, 0.05) is 31.7 Å². The number of rotatable bonds is 5. The second-order valence-electron chi connectivity index (χ2n) is 6.46. The van der Waals surface area contributed by atoms with Crippen LogP contribution in [0.3, 0.4) is 0 Å². The van der Waals surface area contributed by atoms with Crippen LogP contribution in [0, 0.1) is 11.3 Å². The Hall–Kier alpha value is -2.64. The van der Waals surface area contributed by atoms with Crippen molar-refractivity contribution in [1.82, 2.24) is 10.2 Å². The second-order valence-corrected chi connectivity index (χ2v) is 6.46. The van der Waals surface area contributed by atoms with Gasteiger partial charge in [0.1, 0.15) is 0 Å². The van der Waals surface area contributed by atoms with Gasteiger partial charge in [-0.15, -0.1) is 0 Å². The average molecular weight is 333 g/mol. The highest BCUT2D eigenvalue weighted by Gasteiger charge is 2.17. The van der Waals surface area contributed by atoms with Gasteiger partial charge < -0.3 is 10.2 Å². The lowest BCUT2D eigenvalue weighted by molar-refractivity contribution is 0.0724. The molecule has 1 fully saturated rings. The summed E-state index contributed by atoms with van der Waals surface area (Å²) in [7, 11) is 0. The van der Waals surface area contributed by atoms with Gasteiger partial charge in [-0.05, 0) is 54.7 Å². The lowest BCUT2D eigenvalue weighted by Crippen LogP contribution is -2.35. The molecule has 0 unspecified atom stereocenters. The summed E-state index contributed by atoms with van der Waals surface area (Å²) in [6, 6.07) is 17.6. The molecule has 0 radical (unpaired) electrons. The van der Waals surface area contributed by atoms with Crippen molar-refractivity contribution in [3.05, 3.63) is 70.8 Å². The van der Waals surface area contributed by atoms with Gasteiger partial charge in [0.2, 0.25) is 0 Å². The number of piperidine rings is 1. The monoisotopic (exact) mass is 333 g/mol. The van der Waals surface area contributed by atoms with Crippen LogP contribution in [0.1, 0.15) is 46.3 Å². The fraction of sp³-hybridized carbons (Fsp3) is 0.333. The van der Waals surface area contributed by atoms with E-state index in [1.807, 2.05) is 53.4 Å². The fourth-order valence-electron chi connectivity index (χ4n) is 3.09. The molecule has 1 saturated heterocycles. The predicted octanol–water partition coefficient (Wildman–Crippen LogP) is 3.47. The van der Waals surface area contributed by atoms with Crippen molar-refractivity contribution in [3.63, 3.8) is 0 Å². The molecule has 0 aliphatic carbocycles. The number of carbonyl (C=O) groups excluding carboxylic acids is 1. The summed E-state index contributed by atoms with van der Waals surface area (Å²) >= 11 is 0. The van der Waals surface area contributed by atoms with E-state index in [1.165, 1.54) is 6.42 Å². The smallest absolute Gasteiger partial charge is 0.253 e. The molecule has 0 spiro atoms. The normalized spacial score (nSPS) is 14.1. The van der Waals surface area contributed by atoms with Crippen LogP contribution in [-0.2, 0) is 13.1 Å². The molecule has 0 bridgehead atoms. The Kier molecular flexibility index (Phi) is 5.81. The van der Waals surface area contributed by atoms with E-state index in [4.69, 9.17) is 5.26 Å². The van der Waals surface area contributed by atoms with Crippen molar-refractivity contribution in [2.75, 3.05) is 13.1 Å². The summed E-state index contributed by atoms with van der Waals surface area (Å²) in [5, 5.41) is 12.2. The third-order valence-electron chi connectivity index (χ3n) is 4.59. The van der Waals surface area contributed by atoms with Gasteiger partial charge >= 0.3 is 0 Å². The number of likely N-dealkylation sites (tertiary alicyclic amines) is 1. The largest absolute Gasteiger partial charge is 0.339 e. The molecule has 1 amide bonds. The maximum absolute atomic E-state index is 12.4. The summed E-state index contributed by atoms with van der Waals surface area (Å²) in [6.45, 7) is 3.26. The molecular formula is C21H23N3O. The summed E-state index contributed by atoms with van der Waals surface area (Å²) in [5.74, 6) is 0.150. The van der Waals surface area contributed by atoms with Crippen LogP contribution in [0.5, 0.6) is 0 Å². The molecule has 1 N–H and O–H groups in total. The van der Waals surface area contributed by atoms with Crippen molar-refractivity contribution in [3.8, 4) is 6.07 Å². The molecule has 1 heterocycles. The van der Waals surface area contributed by atoms with E-state index < -0.39 is 0 Å². The Morgan fingerprint density at radius 3 is 2.04 bits per heavy atom. The van der Waals surface area contributed by atoms with Gasteiger partial charge in [-0.2, -0.15) is 5.26 Å². The quantitative estimate of drug-likeness (QED) is 0.911. The second kappa shape index (κ2) is 8.46. The maximum atomic E-state index is 12.4. The number of nitrogens with zero attached hydrogens (tertiary/aromatic N) is 2. The third kappa shape index (κ3) is 4.68. The van der Waals surface area contributed by atoms with Crippen molar-refractivity contribution in [2.24, 2.45) is 0 Å². The number of carbonyl (C=O) groups is 1. The van der Waals surface area contributed by atoms with Crippen LogP contribution in [0.15, 0.2) is 48.5 Å². The molecule has 25 heavy (non-hydrogen) atoms. The zero-order chi connectivity index (χ0) is 17.5. The Bertz CT molecular complexity index is 738. The highest BCUT2D eigenvalue weighted by molar-refractivity contribution is 5.94. The number of nitrogens with one attached hydrogen (secondary N) is 1. The zero-order valence-electron chi connectivity index (χ0n) is 14.4. The van der Waals surface area contributed by atoms with Crippen molar-refractivity contribution in [1.29, 1.82) is 5.26 Å². The first-order chi connectivity index (χ1) is 12.3. The van der Waals surface area contributed by atoms with Crippen molar-refractivity contribution < 1.29 is 4.79 Å². The predicted molar refractivity (Wildman–Crippen MR) is 97.9 cm³/mol. The van der Waals surface area contributed by atoms with E-state index in [2.05, 4.69) is 11.4 Å². The molecule has 1 aliphatic rings. The summed E-state index contributed by atoms with van der Waals surface area (Å²) in [5.41, 5.74) is 3.76. The Morgan fingerprint density at radius 2 is 1.48 bits per heavy atom.